The van der Waals surface area contributed by atoms with Gasteiger partial charge in [-0.1, -0.05) is 0 Å². The van der Waals surface area contributed by atoms with Crippen LogP contribution in [0.5, 0.6) is 0 Å². The molecule has 0 unspecified atom stereocenters. The Balaban J connectivity index is 3.51. The molecule has 0 aliphatic carbocycles. The molecule has 0 fully saturated rings. The first-order valence-electron chi connectivity index (χ1n) is 3.97. The Labute approximate surface area is 76.3 Å². The van der Waals surface area contributed by atoms with Crippen molar-refractivity contribution in [2.75, 3.05) is 39.5 Å². The zero-order valence-corrected chi connectivity index (χ0v) is 7.31. The van der Waals surface area contributed by atoms with Gasteiger partial charge in [0.05, 0.1) is 26.4 Å². The van der Waals surface area contributed by atoms with Crippen molar-refractivity contribution in [3.63, 3.8) is 0 Å². The van der Waals surface area contributed by atoms with Crippen molar-refractivity contribution in [2.24, 2.45) is 0 Å². The molecule has 0 aliphatic rings. The summed E-state index contributed by atoms with van der Waals surface area (Å²) in [4.78, 5) is 11.3. The van der Waals surface area contributed by atoms with Gasteiger partial charge >= 0.3 is 0 Å². The zero-order valence-electron chi connectivity index (χ0n) is 7.31. The first-order chi connectivity index (χ1) is 6.22. The minimum Gasteiger partial charge on any atom is -0.530 e. The molecule has 6 nitrogen and oxygen atoms in total. The molecule has 0 aromatic heterocycles. The van der Waals surface area contributed by atoms with Gasteiger partial charge in [0.2, 0.25) is 0 Å². The fraction of sp³-hybridized carbons (Fsp3) is 0.857. The summed E-state index contributed by atoms with van der Waals surface area (Å²) in [5, 5.41) is 27.2. The molecule has 0 saturated heterocycles. The van der Waals surface area contributed by atoms with Crippen LogP contribution in [0.2, 0.25) is 0 Å². The summed E-state index contributed by atoms with van der Waals surface area (Å²) in [6.07, 6.45) is -1.33. The zero-order chi connectivity index (χ0) is 10.1. The fourth-order valence-corrected chi connectivity index (χ4v) is 0.756. The number of hydrogen-bond acceptors (Lipinski definition) is 5. The summed E-state index contributed by atoms with van der Waals surface area (Å²) >= 11 is 0. The van der Waals surface area contributed by atoms with Crippen molar-refractivity contribution in [2.45, 2.75) is 0 Å². The smallest absolute Gasteiger partial charge is 0.137 e. The van der Waals surface area contributed by atoms with Crippen LogP contribution in [-0.2, 0) is 4.74 Å². The predicted molar refractivity (Wildman–Crippen MR) is 42.0 cm³/mol. The van der Waals surface area contributed by atoms with Gasteiger partial charge in [0.25, 0.3) is 0 Å². The van der Waals surface area contributed by atoms with Crippen molar-refractivity contribution in [3.8, 4) is 0 Å². The van der Waals surface area contributed by atoms with Crippen molar-refractivity contribution in [1.29, 1.82) is 0 Å². The maximum atomic E-state index is 10.4. The number of rotatable bonds is 7. The van der Waals surface area contributed by atoms with E-state index in [9.17, 15) is 9.90 Å². The summed E-state index contributed by atoms with van der Waals surface area (Å²) < 4.78 is 4.85. The molecule has 1 amide bonds. The number of aliphatic hydroxyl groups excluding tert-OH is 2. The Kier molecular flexibility index (Phi) is 7.27. The third-order valence-electron chi connectivity index (χ3n) is 1.37. The quantitative estimate of drug-likeness (QED) is 0.440. The van der Waals surface area contributed by atoms with Crippen LogP contribution >= 0.6 is 0 Å². The minimum atomic E-state index is -1.33. The molecule has 0 bridgehead atoms. The van der Waals surface area contributed by atoms with Gasteiger partial charge in [0.15, 0.2) is 0 Å². The summed E-state index contributed by atoms with van der Waals surface area (Å²) in [7, 11) is 0. The molecular weight excluding hydrogens is 178 g/mol. The monoisotopic (exact) mass is 192 g/mol. The lowest BCUT2D eigenvalue weighted by Gasteiger charge is -2.23. The Morgan fingerprint density at radius 1 is 1.23 bits per heavy atom. The van der Waals surface area contributed by atoms with E-state index in [0.29, 0.717) is 0 Å². The molecule has 0 atom stereocenters. The Morgan fingerprint density at radius 3 is 2.38 bits per heavy atom. The van der Waals surface area contributed by atoms with Gasteiger partial charge in [0, 0.05) is 13.1 Å². The molecule has 0 radical (unpaired) electrons. The van der Waals surface area contributed by atoms with Crippen LogP contribution in [-0.4, -0.2) is 60.7 Å². The van der Waals surface area contributed by atoms with Crippen molar-refractivity contribution < 1.29 is 24.9 Å². The standard InChI is InChI=1S/C7H15NO5/c9-3-1-8(7(11)12)2-5-13-6-4-10/h9-10H,1-6H2,(H,11,12)/p-1. The van der Waals surface area contributed by atoms with E-state index in [0.717, 1.165) is 4.90 Å². The highest BCUT2D eigenvalue weighted by molar-refractivity contribution is 5.62. The van der Waals surface area contributed by atoms with Gasteiger partial charge in [-0.25, -0.2) is 0 Å². The highest BCUT2D eigenvalue weighted by Gasteiger charge is 2.02. The number of carboxylic acid groups (broad SMARTS) is 1. The summed E-state index contributed by atoms with van der Waals surface area (Å²) in [5.74, 6) is 0. The van der Waals surface area contributed by atoms with E-state index in [1.807, 2.05) is 0 Å². The molecule has 0 spiro atoms. The van der Waals surface area contributed by atoms with Crippen molar-refractivity contribution >= 4 is 6.09 Å². The third-order valence-corrected chi connectivity index (χ3v) is 1.37. The van der Waals surface area contributed by atoms with Gasteiger partial charge in [-0.3, -0.25) is 0 Å². The van der Waals surface area contributed by atoms with Crippen LogP contribution < -0.4 is 5.11 Å². The number of hydrogen-bond donors (Lipinski definition) is 2. The van der Waals surface area contributed by atoms with Crippen molar-refractivity contribution in [3.05, 3.63) is 0 Å². The third kappa shape index (κ3) is 6.32. The number of aliphatic hydroxyl groups is 2. The van der Waals surface area contributed by atoms with Crippen LogP contribution in [0.15, 0.2) is 0 Å². The Morgan fingerprint density at radius 2 is 1.92 bits per heavy atom. The second-order valence-electron chi connectivity index (χ2n) is 2.31. The number of carbonyl (C=O) groups is 1. The van der Waals surface area contributed by atoms with E-state index in [4.69, 9.17) is 14.9 Å². The molecule has 0 aromatic carbocycles. The minimum absolute atomic E-state index is 0.0187. The van der Waals surface area contributed by atoms with Gasteiger partial charge in [-0.05, 0) is 0 Å². The van der Waals surface area contributed by atoms with Gasteiger partial charge < -0.3 is 29.8 Å². The lowest BCUT2D eigenvalue weighted by Crippen LogP contribution is -2.44. The van der Waals surface area contributed by atoms with E-state index >= 15 is 0 Å². The summed E-state index contributed by atoms with van der Waals surface area (Å²) in [6.45, 7) is 0.196. The molecule has 0 aromatic rings. The maximum Gasteiger partial charge on any atom is 0.137 e. The molecule has 0 rings (SSSR count). The highest BCUT2D eigenvalue weighted by Crippen LogP contribution is 1.86. The van der Waals surface area contributed by atoms with Crippen LogP contribution in [0.4, 0.5) is 4.79 Å². The molecule has 0 aliphatic heterocycles. The first kappa shape index (κ1) is 12.2. The van der Waals surface area contributed by atoms with Crippen molar-refractivity contribution in [1.82, 2.24) is 4.90 Å². The average Bonchev–Trinajstić information content (AvgIpc) is 2.10. The van der Waals surface area contributed by atoms with Gasteiger partial charge in [-0.15, -0.1) is 0 Å². The topological polar surface area (TPSA) is 93.1 Å². The van der Waals surface area contributed by atoms with Crippen LogP contribution in [0.1, 0.15) is 0 Å². The number of amides is 1. The molecule has 0 heterocycles. The molecule has 0 saturated carbocycles. The molecule has 6 heteroatoms. The van der Waals surface area contributed by atoms with E-state index in [-0.39, 0.29) is 39.5 Å². The van der Waals surface area contributed by atoms with E-state index in [2.05, 4.69) is 0 Å². The lowest BCUT2D eigenvalue weighted by atomic mass is 10.5. The van der Waals surface area contributed by atoms with E-state index < -0.39 is 6.09 Å². The van der Waals surface area contributed by atoms with Crippen LogP contribution in [0, 0.1) is 0 Å². The van der Waals surface area contributed by atoms with Crippen LogP contribution in [0.3, 0.4) is 0 Å². The first-order valence-corrected chi connectivity index (χ1v) is 3.97. The average molecular weight is 192 g/mol. The molecule has 78 valence electrons. The SMILES string of the molecule is O=C([O-])N(CCO)CCOCCO. The number of carbonyl (C=O) groups excluding carboxylic acids is 1. The fourth-order valence-electron chi connectivity index (χ4n) is 0.756. The largest absolute Gasteiger partial charge is 0.530 e. The second kappa shape index (κ2) is 7.78. The second-order valence-corrected chi connectivity index (χ2v) is 2.31. The molecule has 13 heavy (non-hydrogen) atoms. The number of nitrogens with zero attached hydrogens (tertiary/aromatic N) is 1. The lowest BCUT2D eigenvalue weighted by molar-refractivity contribution is -0.266. The summed E-state index contributed by atoms with van der Waals surface area (Å²) in [5.41, 5.74) is 0. The maximum absolute atomic E-state index is 10.4. The van der Waals surface area contributed by atoms with Gasteiger partial charge in [-0.2, -0.15) is 0 Å². The Bertz CT molecular complexity index is 141. The van der Waals surface area contributed by atoms with E-state index in [1.165, 1.54) is 0 Å². The van der Waals surface area contributed by atoms with Gasteiger partial charge in [0.1, 0.15) is 6.09 Å². The van der Waals surface area contributed by atoms with E-state index in [1.54, 1.807) is 0 Å². The normalized spacial score (nSPS) is 10.0. The highest BCUT2D eigenvalue weighted by atomic mass is 16.5. The molecular formula is C7H14NO5-. The summed E-state index contributed by atoms with van der Waals surface area (Å²) in [6, 6.07) is 0. The Hall–Kier alpha value is -0.850. The predicted octanol–water partition coefficient (Wildman–Crippen LogP) is -2.37. The van der Waals surface area contributed by atoms with Crippen LogP contribution in [0.25, 0.3) is 0 Å². The molecule has 2 N–H and O–H groups in total. The number of ether oxygens (including phenoxy) is 1.